The van der Waals surface area contributed by atoms with Crippen LogP contribution in [0.4, 0.5) is 0 Å². The lowest BCUT2D eigenvalue weighted by molar-refractivity contribution is -0.139. The van der Waals surface area contributed by atoms with Crippen molar-refractivity contribution in [2.45, 2.75) is 19.3 Å². The smallest absolute Gasteiger partial charge is 0.309 e. The summed E-state index contributed by atoms with van der Waals surface area (Å²) in [5, 5.41) is 1.02. The molecule has 0 amide bonds. The average Bonchev–Trinajstić information content (AvgIpc) is 2.28. The van der Waals surface area contributed by atoms with E-state index in [0.717, 1.165) is 23.7 Å². The molecule has 82 valence electrons. The predicted octanol–water partition coefficient (Wildman–Crippen LogP) is 2.73. The van der Waals surface area contributed by atoms with Gasteiger partial charge >= 0.3 is 5.97 Å². The Balaban J connectivity index is 2.52. The van der Waals surface area contributed by atoms with Crippen LogP contribution in [0.25, 0.3) is 0 Å². The maximum atomic E-state index is 11.0. The molecule has 2 nitrogen and oxygen atoms in total. The van der Waals surface area contributed by atoms with E-state index < -0.39 is 0 Å². The van der Waals surface area contributed by atoms with Crippen LogP contribution in [0.3, 0.4) is 0 Å². The van der Waals surface area contributed by atoms with Gasteiger partial charge in [0.1, 0.15) is 0 Å². The number of benzene rings is 1. The monoisotopic (exact) mass is 270 g/mol. The Hall–Kier alpha value is -0.830. The van der Waals surface area contributed by atoms with Gasteiger partial charge in [-0.05, 0) is 24.0 Å². The highest BCUT2D eigenvalue weighted by molar-refractivity contribution is 9.09. The second-order valence-corrected chi connectivity index (χ2v) is 4.15. The van der Waals surface area contributed by atoms with Crippen LogP contribution in [0.15, 0.2) is 24.3 Å². The fraction of sp³-hybridized carbons (Fsp3) is 0.417. The van der Waals surface area contributed by atoms with E-state index in [9.17, 15) is 4.79 Å². The predicted molar refractivity (Wildman–Crippen MR) is 64.3 cm³/mol. The van der Waals surface area contributed by atoms with Gasteiger partial charge in [0, 0.05) is 5.33 Å². The Morgan fingerprint density at radius 1 is 1.27 bits per heavy atom. The van der Waals surface area contributed by atoms with Gasteiger partial charge in [0.25, 0.3) is 0 Å². The highest BCUT2D eigenvalue weighted by Gasteiger charge is 2.02. The summed E-state index contributed by atoms with van der Waals surface area (Å²) in [5.41, 5.74) is 2.31. The number of alkyl halides is 1. The number of aryl methyl sites for hydroxylation is 1. The summed E-state index contributed by atoms with van der Waals surface area (Å²) in [6.07, 6.45) is 2.56. The molecule has 0 atom stereocenters. The fourth-order valence-electron chi connectivity index (χ4n) is 1.33. The molecule has 0 fully saturated rings. The Bertz CT molecular complexity index is 306. The molecule has 0 N–H and O–H groups in total. The number of carbonyl (C=O) groups is 1. The van der Waals surface area contributed by atoms with Crippen molar-refractivity contribution in [3.8, 4) is 0 Å². The van der Waals surface area contributed by atoms with Crippen LogP contribution in [-0.2, 0) is 22.4 Å². The minimum atomic E-state index is -0.191. The van der Waals surface area contributed by atoms with E-state index in [-0.39, 0.29) is 5.97 Å². The molecule has 1 aromatic rings. The standard InChI is InChI=1S/C12H15BrO2/c1-15-12(14)9-11-6-4-10(5-7-11)3-2-8-13/h4-7H,2-3,8-9H2,1H3. The normalized spacial score (nSPS) is 10.0. The number of hydrogen-bond donors (Lipinski definition) is 0. The molecule has 1 rings (SSSR count). The lowest BCUT2D eigenvalue weighted by Crippen LogP contribution is -2.04. The first-order valence-corrected chi connectivity index (χ1v) is 6.09. The third-order valence-electron chi connectivity index (χ3n) is 2.20. The van der Waals surface area contributed by atoms with Crippen molar-refractivity contribution >= 4 is 21.9 Å². The van der Waals surface area contributed by atoms with Crippen molar-refractivity contribution in [2.24, 2.45) is 0 Å². The van der Waals surface area contributed by atoms with Crippen molar-refractivity contribution < 1.29 is 9.53 Å². The number of rotatable bonds is 5. The van der Waals surface area contributed by atoms with Gasteiger partial charge in [-0.1, -0.05) is 40.2 Å². The first-order valence-electron chi connectivity index (χ1n) is 4.97. The van der Waals surface area contributed by atoms with Gasteiger partial charge < -0.3 is 4.74 Å². The Morgan fingerprint density at radius 3 is 2.40 bits per heavy atom. The lowest BCUT2D eigenvalue weighted by Gasteiger charge is -2.02. The van der Waals surface area contributed by atoms with Gasteiger partial charge in [-0.15, -0.1) is 0 Å². The lowest BCUT2D eigenvalue weighted by atomic mass is 10.1. The minimum absolute atomic E-state index is 0.191. The largest absolute Gasteiger partial charge is 0.469 e. The highest BCUT2D eigenvalue weighted by atomic mass is 79.9. The number of carbonyl (C=O) groups excluding carboxylic acids is 1. The van der Waals surface area contributed by atoms with Crippen LogP contribution in [-0.4, -0.2) is 18.4 Å². The third-order valence-corrected chi connectivity index (χ3v) is 2.76. The first kappa shape index (κ1) is 12.2. The van der Waals surface area contributed by atoms with Gasteiger partial charge in [-0.2, -0.15) is 0 Å². The second-order valence-electron chi connectivity index (χ2n) is 3.36. The van der Waals surface area contributed by atoms with E-state index in [2.05, 4.69) is 32.8 Å². The maximum absolute atomic E-state index is 11.0. The zero-order valence-electron chi connectivity index (χ0n) is 8.83. The molecule has 0 aliphatic carbocycles. The number of methoxy groups -OCH3 is 1. The molecule has 15 heavy (non-hydrogen) atoms. The molecule has 0 heterocycles. The van der Waals surface area contributed by atoms with Gasteiger partial charge in [0.2, 0.25) is 0 Å². The molecule has 0 bridgehead atoms. The second kappa shape index (κ2) is 6.62. The molecule has 1 aromatic carbocycles. The van der Waals surface area contributed by atoms with E-state index in [4.69, 9.17) is 0 Å². The van der Waals surface area contributed by atoms with Crippen LogP contribution >= 0.6 is 15.9 Å². The van der Waals surface area contributed by atoms with E-state index >= 15 is 0 Å². The summed E-state index contributed by atoms with van der Waals surface area (Å²) in [7, 11) is 1.41. The van der Waals surface area contributed by atoms with Gasteiger partial charge in [-0.3, -0.25) is 4.79 Å². The van der Waals surface area contributed by atoms with E-state index in [1.165, 1.54) is 12.7 Å². The quantitative estimate of drug-likeness (QED) is 0.608. The Labute approximate surface area is 98.8 Å². The highest BCUT2D eigenvalue weighted by Crippen LogP contribution is 2.08. The fourth-order valence-corrected chi connectivity index (χ4v) is 1.61. The number of halogens is 1. The number of hydrogen-bond acceptors (Lipinski definition) is 2. The number of esters is 1. The molecule has 0 saturated carbocycles. The van der Waals surface area contributed by atoms with Crippen molar-refractivity contribution in [3.05, 3.63) is 35.4 Å². The molecule has 0 aromatic heterocycles. The molecule has 3 heteroatoms. The molecular weight excluding hydrogens is 256 g/mol. The summed E-state index contributed by atoms with van der Waals surface area (Å²) >= 11 is 3.40. The molecule has 0 radical (unpaired) electrons. The summed E-state index contributed by atoms with van der Waals surface area (Å²) in [6, 6.07) is 8.11. The molecule has 0 aliphatic heterocycles. The molecule has 0 spiro atoms. The van der Waals surface area contributed by atoms with Crippen LogP contribution < -0.4 is 0 Å². The summed E-state index contributed by atoms with van der Waals surface area (Å²) < 4.78 is 4.60. The first-order chi connectivity index (χ1) is 7.26. The SMILES string of the molecule is COC(=O)Cc1ccc(CCCBr)cc1. The average molecular weight is 271 g/mol. The van der Waals surface area contributed by atoms with E-state index in [0.29, 0.717) is 6.42 Å². The van der Waals surface area contributed by atoms with Crippen molar-refractivity contribution in [1.29, 1.82) is 0 Å². The zero-order valence-corrected chi connectivity index (χ0v) is 10.4. The van der Waals surface area contributed by atoms with Gasteiger partial charge in [-0.25, -0.2) is 0 Å². The summed E-state index contributed by atoms with van der Waals surface area (Å²) in [5.74, 6) is -0.191. The van der Waals surface area contributed by atoms with Crippen LogP contribution in [0, 0.1) is 0 Å². The summed E-state index contributed by atoms with van der Waals surface area (Å²) in [6.45, 7) is 0. The minimum Gasteiger partial charge on any atom is -0.469 e. The van der Waals surface area contributed by atoms with Crippen molar-refractivity contribution in [2.75, 3.05) is 12.4 Å². The van der Waals surface area contributed by atoms with E-state index in [1.54, 1.807) is 0 Å². The van der Waals surface area contributed by atoms with Crippen LogP contribution in [0.2, 0.25) is 0 Å². The number of ether oxygens (including phenoxy) is 1. The molecule has 0 saturated heterocycles. The Kier molecular flexibility index (Phi) is 5.40. The molecule has 0 unspecified atom stereocenters. The third kappa shape index (κ3) is 4.47. The molecular formula is C12H15BrO2. The summed E-state index contributed by atoms with van der Waals surface area (Å²) in [4.78, 5) is 11.0. The molecule has 0 aliphatic rings. The van der Waals surface area contributed by atoms with Gasteiger partial charge in [0.05, 0.1) is 13.5 Å². The van der Waals surface area contributed by atoms with Gasteiger partial charge in [0.15, 0.2) is 0 Å². The maximum Gasteiger partial charge on any atom is 0.309 e. The van der Waals surface area contributed by atoms with Crippen LogP contribution in [0.5, 0.6) is 0 Å². The zero-order chi connectivity index (χ0) is 11.1. The van der Waals surface area contributed by atoms with E-state index in [1.807, 2.05) is 12.1 Å². The van der Waals surface area contributed by atoms with Crippen molar-refractivity contribution in [1.82, 2.24) is 0 Å². The Morgan fingerprint density at radius 2 is 1.87 bits per heavy atom. The van der Waals surface area contributed by atoms with Crippen molar-refractivity contribution in [3.63, 3.8) is 0 Å². The topological polar surface area (TPSA) is 26.3 Å². The van der Waals surface area contributed by atoms with Crippen LogP contribution in [0.1, 0.15) is 17.5 Å².